The first kappa shape index (κ1) is 19.6. The van der Waals surface area contributed by atoms with Crippen LogP contribution in [0.4, 0.5) is 0 Å². The lowest BCUT2D eigenvalue weighted by molar-refractivity contribution is 0.277. The molecule has 0 bridgehead atoms. The van der Waals surface area contributed by atoms with Gasteiger partial charge in [0.25, 0.3) is 0 Å². The van der Waals surface area contributed by atoms with E-state index in [-0.39, 0.29) is 5.02 Å². The smallest absolute Gasteiger partial charge is 0.312 e. The highest BCUT2D eigenvalue weighted by Gasteiger charge is 2.49. The highest BCUT2D eigenvalue weighted by atomic mass is 31.2. The summed E-state index contributed by atoms with van der Waals surface area (Å²) in [7, 11) is -2.94. The lowest BCUT2D eigenvalue weighted by atomic mass is 10.4. The maximum absolute atomic E-state index is 13.5. The van der Waals surface area contributed by atoms with E-state index in [1.807, 2.05) is 36.4 Å². The maximum atomic E-state index is 13.5. The molecule has 2 rings (SSSR count). The van der Waals surface area contributed by atoms with Gasteiger partial charge in [0, 0.05) is 14.2 Å². The van der Waals surface area contributed by atoms with Crippen LogP contribution in [0.15, 0.2) is 60.7 Å². The molecule has 0 fully saturated rings. The summed E-state index contributed by atoms with van der Waals surface area (Å²) in [5, 5.41) is 2.31. The minimum atomic E-state index is -3.21. The van der Waals surface area contributed by atoms with Crippen molar-refractivity contribution in [1.29, 1.82) is 0 Å². The van der Waals surface area contributed by atoms with Crippen LogP contribution in [0.25, 0.3) is 0 Å². The monoisotopic (exact) mass is 380 g/mol. The van der Waals surface area contributed by atoms with Crippen LogP contribution in [0.5, 0.6) is 0 Å². The van der Waals surface area contributed by atoms with E-state index in [0.29, 0.717) is 0 Å². The zero-order chi connectivity index (χ0) is 17.8. The Hall–Kier alpha value is -0.763. The Morgan fingerprint density at radius 2 is 1.21 bits per heavy atom. The third kappa shape index (κ3) is 4.25. The van der Waals surface area contributed by atoms with Crippen molar-refractivity contribution < 1.29 is 13.6 Å². The molecule has 0 saturated heterocycles. The average molecular weight is 380 g/mol. The van der Waals surface area contributed by atoms with Crippen molar-refractivity contribution >= 4 is 34.2 Å². The van der Waals surface area contributed by atoms with Gasteiger partial charge in [-0.15, -0.1) is 0 Å². The Kier molecular flexibility index (Phi) is 6.58. The minimum Gasteiger partial charge on any atom is -0.312 e. The summed E-state index contributed by atoms with van der Waals surface area (Å²) >= 11 is 0. The molecule has 0 aromatic heterocycles. The Morgan fingerprint density at radius 1 is 0.833 bits per heavy atom. The van der Waals surface area contributed by atoms with Crippen molar-refractivity contribution in [3.05, 3.63) is 60.7 Å². The molecule has 2 aromatic carbocycles. The predicted molar refractivity (Wildman–Crippen MR) is 108 cm³/mol. The molecular weight excluding hydrogens is 354 g/mol. The van der Waals surface area contributed by atoms with Gasteiger partial charge >= 0.3 is 7.60 Å². The molecule has 0 aliphatic rings. The molecule has 24 heavy (non-hydrogen) atoms. The van der Waals surface area contributed by atoms with Crippen LogP contribution in [0.3, 0.4) is 0 Å². The van der Waals surface area contributed by atoms with Crippen LogP contribution in [0.1, 0.15) is 0 Å². The standard InChI is InChI=1S/C18H26O3P2Si/c1-20-23(19,21-2)18(24(3,4)5)22(16-12-8-6-9-13-16)17-14-10-7-11-15-17/h6-15,18H,1-5H3. The van der Waals surface area contributed by atoms with Crippen molar-refractivity contribution in [1.82, 2.24) is 0 Å². The topological polar surface area (TPSA) is 35.5 Å². The fourth-order valence-corrected chi connectivity index (χ4v) is 16.2. The first-order valence-corrected chi connectivity index (χ1v) is 14.5. The van der Waals surface area contributed by atoms with Gasteiger partial charge in [-0.2, -0.15) is 0 Å². The Morgan fingerprint density at radius 3 is 1.50 bits per heavy atom. The van der Waals surface area contributed by atoms with E-state index >= 15 is 0 Å². The second-order valence-electron chi connectivity index (χ2n) is 6.69. The molecule has 6 heteroatoms. The fraction of sp³-hybridized carbons (Fsp3) is 0.333. The summed E-state index contributed by atoms with van der Waals surface area (Å²) in [6.45, 7) is 6.72. The number of hydrogen-bond acceptors (Lipinski definition) is 3. The molecular formula is C18H26O3P2Si. The molecule has 0 aliphatic carbocycles. The second kappa shape index (κ2) is 8.08. The van der Waals surface area contributed by atoms with Crippen LogP contribution >= 0.6 is 15.5 Å². The van der Waals surface area contributed by atoms with Crippen molar-refractivity contribution in [3.8, 4) is 0 Å². The molecule has 0 aliphatic heterocycles. The van der Waals surface area contributed by atoms with E-state index in [1.54, 1.807) is 0 Å². The molecule has 2 aromatic rings. The van der Waals surface area contributed by atoms with Crippen LogP contribution < -0.4 is 10.6 Å². The third-order valence-electron chi connectivity index (χ3n) is 3.90. The van der Waals surface area contributed by atoms with Gasteiger partial charge in [0.15, 0.2) is 0 Å². The van der Waals surface area contributed by atoms with Gasteiger partial charge in [0.2, 0.25) is 0 Å². The highest BCUT2D eigenvalue weighted by molar-refractivity contribution is 7.86. The number of benzene rings is 2. The average Bonchev–Trinajstić information content (AvgIpc) is 2.59. The van der Waals surface area contributed by atoms with Gasteiger partial charge in [0.05, 0.1) is 13.1 Å². The quantitative estimate of drug-likeness (QED) is 0.511. The summed E-state index contributed by atoms with van der Waals surface area (Å²) in [4.78, 5) is 0. The molecule has 1 unspecified atom stereocenters. The third-order valence-corrected chi connectivity index (χ3v) is 17.2. The van der Waals surface area contributed by atoms with E-state index < -0.39 is 23.6 Å². The predicted octanol–water partition coefficient (Wildman–Crippen LogP) is 4.81. The van der Waals surface area contributed by atoms with Crippen molar-refractivity contribution in [2.45, 2.75) is 24.7 Å². The molecule has 0 N–H and O–H groups in total. The highest BCUT2D eigenvalue weighted by Crippen LogP contribution is 2.66. The minimum absolute atomic E-state index is 0.111. The summed E-state index contributed by atoms with van der Waals surface area (Å²) < 4.78 is 24.5. The molecule has 0 saturated carbocycles. The van der Waals surface area contributed by atoms with E-state index in [1.165, 1.54) is 24.8 Å². The molecule has 0 spiro atoms. The molecule has 1 atom stereocenters. The van der Waals surface area contributed by atoms with Crippen LogP contribution in [0, 0.1) is 0 Å². The van der Waals surface area contributed by atoms with E-state index in [2.05, 4.69) is 43.9 Å². The normalized spacial score (nSPS) is 13.9. The Bertz CT molecular complexity index is 639. The maximum Gasteiger partial charge on any atom is 0.335 e. The van der Waals surface area contributed by atoms with Gasteiger partial charge in [-0.05, 0) is 18.5 Å². The Balaban J connectivity index is 2.69. The molecule has 0 amide bonds. The van der Waals surface area contributed by atoms with Crippen molar-refractivity contribution in [2.75, 3.05) is 14.2 Å². The SMILES string of the molecule is COP(=O)(OC)C(P(c1ccccc1)c1ccccc1)[Si](C)(C)C. The van der Waals surface area contributed by atoms with E-state index in [9.17, 15) is 4.57 Å². The Labute approximate surface area is 147 Å². The van der Waals surface area contributed by atoms with Gasteiger partial charge in [0.1, 0.15) is 0 Å². The summed E-state index contributed by atoms with van der Waals surface area (Å²) in [5.74, 6) is 0. The van der Waals surface area contributed by atoms with Crippen molar-refractivity contribution in [2.24, 2.45) is 0 Å². The zero-order valence-electron chi connectivity index (χ0n) is 15.0. The zero-order valence-corrected chi connectivity index (χ0v) is 17.8. The first-order chi connectivity index (χ1) is 11.3. The molecule has 3 nitrogen and oxygen atoms in total. The van der Waals surface area contributed by atoms with E-state index in [0.717, 1.165) is 0 Å². The van der Waals surface area contributed by atoms with E-state index in [4.69, 9.17) is 9.05 Å². The largest absolute Gasteiger partial charge is 0.335 e. The first-order valence-electron chi connectivity index (χ1n) is 7.94. The van der Waals surface area contributed by atoms with Gasteiger partial charge in [-0.1, -0.05) is 80.3 Å². The molecule has 130 valence electrons. The summed E-state index contributed by atoms with van der Waals surface area (Å²) in [5.41, 5.74) is 0. The summed E-state index contributed by atoms with van der Waals surface area (Å²) in [6.07, 6.45) is 0. The lowest BCUT2D eigenvalue weighted by Crippen LogP contribution is -2.41. The second-order valence-corrected chi connectivity index (χ2v) is 18.0. The van der Waals surface area contributed by atoms with Crippen molar-refractivity contribution in [3.63, 3.8) is 0 Å². The summed E-state index contributed by atoms with van der Waals surface area (Å²) in [6, 6.07) is 20.7. The lowest BCUT2D eigenvalue weighted by Gasteiger charge is -2.39. The number of hydrogen-bond donors (Lipinski definition) is 0. The number of rotatable bonds is 7. The fourth-order valence-electron chi connectivity index (χ4n) is 2.89. The van der Waals surface area contributed by atoms with Gasteiger partial charge in [-0.25, -0.2) is 0 Å². The molecule has 0 radical (unpaired) electrons. The van der Waals surface area contributed by atoms with Gasteiger partial charge < -0.3 is 9.05 Å². The van der Waals surface area contributed by atoms with Crippen LogP contribution in [-0.2, 0) is 13.6 Å². The van der Waals surface area contributed by atoms with Crippen LogP contribution in [-0.4, -0.2) is 27.3 Å². The molecule has 0 heterocycles. The van der Waals surface area contributed by atoms with Gasteiger partial charge in [-0.3, -0.25) is 4.57 Å². The van der Waals surface area contributed by atoms with Crippen LogP contribution in [0.2, 0.25) is 19.6 Å².